The monoisotopic (exact) mass is 239 g/mol. The zero-order valence-corrected chi connectivity index (χ0v) is 10.8. The molecule has 0 radical (unpaired) electrons. The quantitative estimate of drug-likeness (QED) is 0.806. The molecule has 0 unspecified atom stereocenters. The Kier molecular flexibility index (Phi) is 2.58. The van der Waals surface area contributed by atoms with Crippen molar-refractivity contribution in [1.82, 2.24) is 4.98 Å². The molecule has 0 spiro atoms. The highest BCUT2D eigenvalue weighted by Gasteiger charge is 2.24. The van der Waals surface area contributed by atoms with E-state index in [4.69, 9.17) is 0 Å². The van der Waals surface area contributed by atoms with Crippen LogP contribution >= 0.6 is 0 Å². The molecule has 3 rings (SSSR count). The lowest BCUT2D eigenvalue weighted by Crippen LogP contribution is -2.09. The number of carbonyl (C=O) groups is 1. The average Bonchev–Trinajstić information content (AvgIpc) is 2.69. The number of hydrogen-bond donors (Lipinski definition) is 1. The third-order valence-electron chi connectivity index (χ3n) is 3.74. The van der Waals surface area contributed by atoms with Gasteiger partial charge in [0.1, 0.15) is 0 Å². The molecule has 1 N–H and O–H groups in total. The minimum absolute atomic E-state index is 0.295. The number of hydrogen-bond acceptors (Lipinski definition) is 1. The maximum atomic E-state index is 12.0. The van der Waals surface area contributed by atoms with Crippen molar-refractivity contribution in [3.8, 4) is 11.3 Å². The highest BCUT2D eigenvalue weighted by molar-refractivity contribution is 6.01. The average molecular weight is 239 g/mol. The molecule has 1 aliphatic rings. The standard InChI is InChI=1S/C16H17NO/c1-10-6-8-12(9-7-10)16-13-4-3-5-14(18)15(13)11(2)17-16/h6-9,17H,3-5H2,1-2H3. The molecule has 0 amide bonds. The Morgan fingerprint density at radius 1 is 1.06 bits per heavy atom. The Balaban J connectivity index is 2.16. The first-order chi connectivity index (χ1) is 8.66. The number of H-pyrrole nitrogens is 1. The lowest BCUT2D eigenvalue weighted by Gasteiger charge is -2.12. The number of Topliss-reactive ketones (excluding diaryl/α,β-unsaturated/α-hetero) is 1. The van der Waals surface area contributed by atoms with Gasteiger partial charge in [0.15, 0.2) is 5.78 Å². The molecule has 1 heterocycles. The third-order valence-corrected chi connectivity index (χ3v) is 3.74. The largest absolute Gasteiger partial charge is 0.358 e. The van der Waals surface area contributed by atoms with Crippen molar-refractivity contribution in [1.29, 1.82) is 0 Å². The van der Waals surface area contributed by atoms with Crippen LogP contribution in [-0.2, 0) is 6.42 Å². The van der Waals surface area contributed by atoms with Crippen molar-refractivity contribution in [3.05, 3.63) is 46.6 Å². The molecule has 18 heavy (non-hydrogen) atoms. The fourth-order valence-electron chi connectivity index (χ4n) is 2.82. The summed E-state index contributed by atoms with van der Waals surface area (Å²) in [7, 11) is 0. The predicted molar refractivity (Wildman–Crippen MR) is 73.0 cm³/mol. The first-order valence-electron chi connectivity index (χ1n) is 6.48. The highest BCUT2D eigenvalue weighted by Crippen LogP contribution is 2.33. The molecule has 2 aromatic rings. The molecule has 0 atom stereocenters. The van der Waals surface area contributed by atoms with Gasteiger partial charge in [-0.25, -0.2) is 0 Å². The summed E-state index contributed by atoms with van der Waals surface area (Å²) in [6, 6.07) is 8.48. The molecule has 1 aliphatic carbocycles. The minimum Gasteiger partial charge on any atom is -0.358 e. The lowest BCUT2D eigenvalue weighted by atomic mass is 9.90. The fourth-order valence-corrected chi connectivity index (χ4v) is 2.82. The second-order valence-corrected chi connectivity index (χ2v) is 5.12. The van der Waals surface area contributed by atoms with Crippen LogP contribution in [-0.4, -0.2) is 10.8 Å². The van der Waals surface area contributed by atoms with E-state index in [1.165, 1.54) is 16.7 Å². The van der Waals surface area contributed by atoms with Crippen molar-refractivity contribution in [3.63, 3.8) is 0 Å². The van der Waals surface area contributed by atoms with Crippen LogP contribution < -0.4 is 0 Å². The van der Waals surface area contributed by atoms with Crippen molar-refractivity contribution >= 4 is 5.78 Å². The van der Waals surface area contributed by atoms with Gasteiger partial charge in [0.05, 0.1) is 0 Å². The van der Waals surface area contributed by atoms with E-state index in [9.17, 15) is 4.79 Å². The van der Waals surface area contributed by atoms with Crippen LogP contribution in [0.25, 0.3) is 11.3 Å². The molecule has 0 bridgehead atoms. The van der Waals surface area contributed by atoms with Gasteiger partial charge >= 0.3 is 0 Å². The molecule has 0 saturated carbocycles. The molecule has 0 saturated heterocycles. The van der Waals surface area contributed by atoms with Crippen LogP contribution in [0.2, 0.25) is 0 Å². The number of rotatable bonds is 1. The van der Waals surface area contributed by atoms with Crippen molar-refractivity contribution in [2.75, 3.05) is 0 Å². The Hall–Kier alpha value is -1.83. The van der Waals surface area contributed by atoms with Crippen LogP contribution in [0, 0.1) is 13.8 Å². The number of benzene rings is 1. The van der Waals surface area contributed by atoms with Gasteiger partial charge in [0.2, 0.25) is 0 Å². The smallest absolute Gasteiger partial charge is 0.164 e. The first kappa shape index (κ1) is 11.3. The van der Waals surface area contributed by atoms with Crippen LogP contribution in [0.5, 0.6) is 0 Å². The maximum Gasteiger partial charge on any atom is 0.164 e. The van der Waals surface area contributed by atoms with Gasteiger partial charge in [-0.3, -0.25) is 4.79 Å². The summed E-state index contributed by atoms with van der Waals surface area (Å²) in [5.74, 6) is 0.295. The lowest BCUT2D eigenvalue weighted by molar-refractivity contribution is 0.0972. The van der Waals surface area contributed by atoms with Gasteiger partial charge in [-0.1, -0.05) is 29.8 Å². The van der Waals surface area contributed by atoms with Crippen LogP contribution in [0.15, 0.2) is 24.3 Å². The minimum atomic E-state index is 0.295. The summed E-state index contributed by atoms with van der Waals surface area (Å²) >= 11 is 0. The van der Waals surface area contributed by atoms with Gasteiger partial charge < -0.3 is 4.98 Å². The molecule has 0 fully saturated rings. The Labute approximate surface area is 107 Å². The van der Waals surface area contributed by atoms with E-state index >= 15 is 0 Å². The Morgan fingerprint density at radius 2 is 1.78 bits per heavy atom. The van der Waals surface area contributed by atoms with E-state index in [2.05, 4.69) is 36.2 Å². The molecular weight excluding hydrogens is 222 g/mol. The van der Waals surface area contributed by atoms with E-state index in [0.717, 1.165) is 29.8 Å². The third kappa shape index (κ3) is 1.69. The maximum absolute atomic E-state index is 12.0. The number of aromatic amines is 1. The van der Waals surface area contributed by atoms with Crippen LogP contribution in [0.4, 0.5) is 0 Å². The Morgan fingerprint density at radius 3 is 2.50 bits per heavy atom. The number of ketones is 1. The molecular formula is C16H17NO. The normalized spacial score (nSPS) is 14.7. The summed E-state index contributed by atoms with van der Waals surface area (Å²) in [6.07, 6.45) is 2.68. The van der Waals surface area contributed by atoms with E-state index in [1.54, 1.807) is 0 Å². The van der Waals surface area contributed by atoms with Crippen molar-refractivity contribution < 1.29 is 4.79 Å². The van der Waals surface area contributed by atoms with E-state index in [1.807, 2.05) is 6.92 Å². The molecule has 2 nitrogen and oxygen atoms in total. The second-order valence-electron chi connectivity index (χ2n) is 5.12. The zero-order chi connectivity index (χ0) is 12.7. The summed E-state index contributed by atoms with van der Waals surface area (Å²) in [6.45, 7) is 4.09. The van der Waals surface area contributed by atoms with Crippen molar-refractivity contribution in [2.45, 2.75) is 33.1 Å². The van der Waals surface area contributed by atoms with Crippen LogP contribution in [0.3, 0.4) is 0 Å². The van der Waals surface area contributed by atoms with Gasteiger partial charge in [-0.2, -0.15) is 0 Å². The van der Waals surface area contributed by atoms with Crippen LogP contribution in [0.1, 0.15) is 40.0 Å². The topological polar surface area (TPSA) is 32.9 Å². The fraction of sp³-hybridized carbons (Fsp3) is 0.312. The van der Waals surface area contributed by atoms with E-state index in [0.29, 0.717) is 12.2 Å². The van der Waals surface area contributed by atoms with Gasteiger partial charge in [0.25, 0.3) is 0 Å². The summed E-state index contributed by atoms with van der Waals surface area (Å²) in [5, 5.41) is 0. The van der Waals surface area contributed by atoms with Crippen molar-refractivity contribution in [2.24, 2.45) is 0 Å². The number of nitrogens with one attached hydrogen (secondary N) is 1. The second kappa shape index (κ2) is 4.13. The summed E-state index contributed by atoms with van der Waals surface area (Å²) in [4.78, 5) is 15.4. The first-order valence-corrected chi connectivity index (χ1v) is 6.48. The van der Waals surface area contributed by atoms with Gasteiger partial charge in [-0.15, -0.1) is 0 Å². The number of aryl methyl sites for hydroxylation is 2. The zero-order valence-electron chi connectivity index (χ0n) is 10.8. The predicted octanol–water partition coefficient (Wildman–Crippen LogP) is 3.82. The summed E-state index contributed by atoms with van der Waals surface area (Å²) in [5.41, 5.74) is 6.75. The SMILES string of the molecule is Cc1ccc(-c2[nH]c(C)c3c2CCCC3=O)cc1. The summed E-state index contributed by atoms with van der Waals surface area (Å²) < 4.78 is 0. The Bertz CT molecular complexity index is 605. The number of fused-ring (bicyclic) bond motifs is 1. The van der Waals surface area contributed by atoms with Gasteiger partial charge in [-0.05, 0) is 37.8 Å². The molecule has 0 aliphatic heterocycles. The van der Waals surface area contributed by atoms with E-state index in [-0.39, 0.29) is 0 Å². The van der Waals surface area contributed by atoms with E-state index < -0.39 is 0 Å². The number of carbonyl (C=O) groups excluding carboxylic acids is 1. The van der Waals surface area contributed by atoms with Gasteiger partial charge in [0, 0.05) is 23.4 Å². The molecule has 1 aromatic carbocycles. The number of aromatic nitrogens is 1. The highest BCUT2D eigenvalue weighted by atomic mass is 16.1. The molecule has 2 heteroatoms. The molecule has 92 valence electrons. The molecule has 1 aromatic heterocycles.